The van der Waals surface area contributed by atoms with E-state index in [0.717, 1.165) is 36.2 Å². The quantitative estimate of drug-likeness (QED) is 0.768. The number of Topliss-reactive ketones (excluding diaryl/α,β-unsaturated/α-hetero) is 1. The van der Waals surface area contributed by atoms with Crippen molar-refractivity contribution in [2.75, 3.05) is 13.1 Å². The Morgan fingerprint density at radius 3 is 2.47 bits per heavy atom. The highest BCUT2D eigenvalue weighted by Gasteiger charge is 2.39. The van der Waals surface area contributed by atoms with Crippen LogP contribution in [0.4, 0.5) is 0 Å². The number of rotatable bonds is 4. The van der Waals surface area contributed by atoms with Gasteiger partial charge in [0.05, 0.1) is 5.54 Å². The van der Waals surface area contributed by atoms with Crippen molar-refractivity contribution < 1.29 is 4.79 Å². The topological polar surface area (TPSA) is 20.3 Å². The van der Waals surface area contributed by atoms with Gasteiger partial charge in [0.1, 0.15) is 0 Å². The van der Waals surface area contributed by atoms with Gasteiger partial charge in [0.25, 0.3) is 0 Å². The van der Waals surface area contributed by atoms with E-state index in [0.29, 0.717) is 0 Å². The molecule has 2 rings (SSSR count). The van der Waals surface area contributed by atoms with Gasteiger partial charge in [-0.15, -0.1) is 0 Å². The molecule has 1 unspecified atom stereocenters. The average molecular weight is 259 g/mol. The molecule has 0 aromatic heterocycles. The largest absolute Gasteiger partial charge is 0.292 e. The minimum atomic E-state index is -0.338. The van der Waals surface area contributed by atoms with Crippen LogP contribution < -0.4 is 0 Å². The standard InChI is InChI=1S/C17H25NO/c1-5-17(4,18-10-6-7-11-18)16(19)15-12-13(2)8-9-14(15)3/h8-9,12H,5-7,10-11H2,1-4H3. The number of hydrogen-bond acceptors (Lipinski definition) is 2. The Balaban J connectivity index is 2.37. The van der Waals surface area contributed by atoms with E-state index in [1.807, 2.05) is 13.0 Å². The second-order valence-electron chi connectivity index (χ2n) is 5.97. The highest BCUT2D eigenvalue weighted by molar-refractivity contribution is 6.04. The fourth-order valence-corrected chi connectivity index (χ4v) is 3.01. The van der Waals surface area contributed by atoms with Crippen LogP contribution >= 0.6 is 0 Å². The van der Waals surface area contributed by atoms with Crippen molar-refractivity contribution in [3.8, 4) is 0 Å². The lowest BCUT2D eigenvalue weighted by Gasteiger charge is -2.37. The van der Waals surface area contributed by atoms with Gasteiger partial charge in [-0.2, -0.15) is 0 Å². The first kappa shape index (κ1) is 14.3. The maximum Gasteiger partial charge on any atom is 0.183 e. The minimum absolute atomic E-state index is 0.290. The molecule has 1 aromatic rings. The molecule has 2 nitrogen and oxygen atoms in total. The third-order valence-electron chi connectivity index (χ3n) is 4.62. The maximum atomic E-state index is 13.0. The molecule has 1 atom stereocenters. The summed E-state index contributed by atoms with van der Waals surface area (Å²) in [7, 11) is 0. The zero-order chi connectivity index (χ0) is 14.0. The fourth-order valence-electron chi connectivity index (χ4n) is 3.01. The molecule has 0 spiro atoms. The van der Waals surface area contributed by atoms with Crippen LogP contribution in [-0.2, 0) is 0 Å². The molecule has 104 valence electrons. The number of nitrogens with zero attached hydrogens (tertiary/aromatic N) is 1. The normalized spacial score (nSPS) is 19.4. The Hall–Kier alpha value is -1.15. The summed E-state index contributed by atoms with van der Waals surface area (Å²) in [6.07, 6.45) is 3.31. The van der Waals surface area contributed by atoms with Gasteiger partial charge in [0.15, 0.2) is 5.78 Å². The molecule has 1 aliphatic heterocycles. The van der Waals surface area contributed by atoms with Gasteiger partial charge in [-0.25, -0.2) is 0 Å². The lowest BCUT2D eigenvalue weighted by molar-refractivity contribution is 0.0647. The molecule has 1 aliphatic rings. The van der Waals surface area contributed by atoms with E-state index in [9.17, 15) is 4.79 Å². The molecular formula is C17H25NO. The van der Waals surface area contributed by atoms with Gasteiger partial charge < -0.3 is 0 Å². The molecule has 0 N–H and O–H groups in total. The van der Waals surface area contributed by atoms with E-state index in [4.69, 9.17) is 0 Å². The first-order chi connectivity index (χ1) is 8.99. The van der Waals surface area contributed by atoms with E-state index in [2.05, 4.69) is 37.8 Å². The first-order valence-corrected chi connectivity index (χ1v) is 7.36. The highest BCUT2D eigenvalue weighted by Crippen LogP contribution is 2.29. The maximum absolute atomic E-state index is 13.0. The van der Waals surface area contributed by atoms with Gasteiger partial charge >= 0.3 is 0 Å². The molecule has 1 heterocycles. The van der Waals surface area contributed by atoms with Gasteiger partial charge in [0, 0.05) is 5.56 Å². The van der Waals surface area contributed by atoms with Gasteiger partial charge in [-0.1, -0.05) is 24.6 Å². The first-order valence-electron chi connectivity index (χ1n) is 7.36. The predicted octanol–water partition coefficient (Wildman–Crippen LogP) is 3.75. The molecule has 1 aromatic carbocycles. The van der Waals surface area contributed by atoms with Crippen molar-refractivity contribution in [2.24, 2.45) is 0 Å². The summed E-state index contributed by atoms with van der Waals surface area (Å²) in [5.74, 6) is 0.290. The fraction of sp³-hybridized carbons (Fsp3) is 0.588. The van der Waals surface area contributed by atoms with Crippen molar-refractivity contribution in [3.05, 3.63) is 34.9 Å². The van der Waals surface area contributed by atoms with Crippen LogP contribution in [0, 0.1) is 13.8 Å². The van der Waals surface area contributed by atoms with Crippen molar-refractivity contribution in [1.82, 2.24) is 4.90 Å². The zero-order valence-electron chi connectivity index (χ0n) is 12.6. The zero-order valence-corrected chi connectivity index (χ0v) is 12.6. The smallest absolute Gasteiger partial charge is 0.183 e. The Kier molecular flexibility index (Phi) is 4.10. The van der Waals surface area contributed by atoms with E-state index >= 15 is 0 Å². The second kappa shape index (κ2) is 5.46. The van der Waals surface area contributed by atoms with E-state index < -0.39 is 0 Å². The Labute approximate surface area is 116 Å². The van der Waals surface area contributed by atoms with Crippen molar-refractivity contribution in [1.29, 1.82) is 0 Å². The van der Waals surface area contributed by atoms with Crippen LogP contribution in [0.3, 0.4) is 0 Å². The number of benzene rings is 1. The summed E-state index contributed by atoms with van der Waals surface area (Å²) in [5, 5.41) is 0. The van der Waals surface area contributed by atoms with Crippen LogP contribution in [-0.4, -0.2) is 29.3 Å². The number of aryl methyl sites for hydroxylation is 2. The Morgan fingerprint density at radius 2 is 1.89 bits per heavy atom. The third-order valence-corrected chi connectivity index (χ3v) is 4.62. The summed E-state index contributed by atoms with van der Waals surface area (Å²) in [4.78, 5) is 15.4. The number of ketones is 1. The predicted molar refractivity (Wildman–Crippen MR) is 79.7 cm³/mol. The van der Waals surface area contributed by atoms with E-state index in [1.54, 1.807) is 0 Å². The third kappa shape index (κ3) is 2.59. The van der Waals surface area contributed by atoms with Crippen LogP contribution in [0.2, 0.25) is 0 Å². The molecule has 0 aliphatic carbocycles. The Morgan fingerprint density at radius 1 is 1.26 bits per heavy atom. The Bertz CT molecular complexity index is 474. The molecule has 1 saturated heterocycles. The molecule has 1 fully saturated rings. The number of carbonyl (C=O) groups excluding carboxylic acids is 1. The van der Waals surface area contributed by atoms with Gasteiger partial charge in [0.2, 0.25) is 0 Å². The average Bonchev–Trinajstić information content (AvgIpc) is 2.94. The number of hydrogen-bond donors (Lipinski definition) is 0. The van der Waals surface area contributed by atoms with Crippen LogP contribution in [0.15, 0.2) is 18.2 Å². The number of carbonyl (C=O) groups is 1. The molecule has 2 heteroatoms. The van der Waals surface area contributed by atoms with Crippen LogP contribution in [0.25, 0.3) is 0 Å². The summed E-state index contributed by atoms with van der Waals surface area (Å²) >= 11 is 0. The van der Waals surface area contributed by atoms with Gasteiger partial charge in [-0.3, -0.25) is 9.69 Å². The summed E-state index contributed by atoms with van der Waals surface area (Å²) in [6.45, 7) is 10.4. The van der Waals surface area contributed by atoms with E-state index in [-0.39, 0.29) is 11.3 Å². The van der Waals surface area contributed by atoms with Gasteiger partial charge in [-0.05, 0) is 64.8 Å². The summed E-state index contributed by atoms with van der Waals surface area (Å²) in [6, 6.07) is 6.18. The van der Waals surface area contributed by atoms with E-state index in [1.165, 1.54) is 12.8 Å². The van der Waals surface area contributed by atoms with Crippen molar-refractivity contribution in [2.45, 2.75) is 52.5 Å². The van der Waals surface area contributed by atoms with Crippen molar-refractivity contribution in [3.63, 3.8) is 0 Å². The second-order valence-corrected chi connectivity index (χ2v) is 5.97. The lowest BCUT2D eigenvalue weighted by atomic mass is 9.85. The molecule has 0 bridgehead atoms. The molecule has 0 saturated carbocycles. The minimum Gasteiger partial charge on any atom is -0.292 e. The summed E-state index contributed by atoms with van der Waals surface area (Å²) in [5.41, 5.74) is 2.81. The van der Waals surface area contributed by atoms with Crippen LogP contribution in [0.5, 0.6) is 0 Å². The summed E-state index contributed by atoms with van der Waals surface area (Å²) < 4.78 is 0. The number of likely N-dealkylation sites (tertiary alicyclic amines) is 1. The highest BCUT2D eigenvalue weighted by atomic mass is 16.1. The monoisotopic (exact) mass is 259 g/mol. The molecule has 0 radical (unpaired) electrons. The molecule has 19 heavy (non-hydrogen) atoms. The van der Waals surface area contributed by atoms with Crippen molar-refractivity contribution >= 4 is 5.78 Å². The molecule has 0 amide bonds. The molecular weight excluding hydrogens is 234 g/mol. The SMILES string of the molecule is CCC(C)(C(=O)c1cc(C)ccc1C)N1CCCC1. The van der Waals surface area contributed by atoms with Crippen LogP contribution in [0.1, 0.15) is 54.6 Å². The lowest BCUT2D eigenvalue weighted by Crippen LogP contribution is -2.50.